The molecule has 2 heteroatoms. The Labute approximate surface area is 73.0 Å². The largest absolute Gasteiger partial charge is 0.297 e. The third kappa shape index (κ3) is 8.08. The van der Waals surface area contributed by atoms with Gasteiger partial charge in [-0.05, 0) is 18.1 Å². The monoisotopic (exact) mass is 175 g/mol. The molecule has 69 valence electrons. The second-order valence-electron chi connectivity index (χ2n) is 4.47. The van der Waals surface area contributed by atoms with E-state index in [0.717, 1.165) is 0 Å². The van der Waals surface area contributed by atoms with Crippen molar-refractivity contribution in [2.75, 3.05) is 0 Å². The number of rotatable bonds is 0. The molecule has 1 radical (unpaired) electrons. The molecule has 0 heterocycles. The first kappa shape index (κ1) is 13.7. The average molecular weight is 175 g/mol. The van der Waals surface area contributed by atoms with Crippen molar-refractivity contribution < 1.29 is 4.80 Å². The minimum atomic E-state index is -2.11. The van der Waals surface area contributed by atoms with Crippen molar-refractivity contribution in [3.63, 3.8) is 0 Å². The summed E-state index contributed by atoms with van der Waals surface area (Å²) < 4.78 is 0. The Morgan fingerprint density at radius 1 is 1.09 bits per heavy atom. The van der Waals surface area contributed by atoms with Crippen LogP contribution in [-0.4, -0.2) is 8.32 Å². The number of hydrogen-bond acceptors (Lipinski definition) is 0. The summed E-state index contributed by atoms with van der Waals surface area (Å²) in [6, 6.07) is 0. The van der Waals surface area contributed by atoms with Crippen LogP contribution >= 0.6 is 0 Å². The van der Waals surface area contributed by atoms with Crippen LogP contribution in [0.3, 0.4) is 0 Å². The molecular weight excluding hydrogens is 152 g/mol. The maximum absolute atomic E-state index is 11.3. The first-order chi connectivity index (χ1) is 4.66. The van der Waals surface area contributed by atoms with Crippen LogP contribution in [0.15, 0.2) is 0 Å². The second kappa shape index (κ2) is 4.94. The lowest BCUT2D eigenvalue weighted by Crippen LogP contribution is -2.35. The van der Waals surface area contributed by atoms with Gasteiger partial charge in [0.2, 0.25) is 8.32 Å². The molecule has 0 aromatic rings. The maximum atomic E-state index is 11.3. The van der Waals surface area contributed by atoms with Crippen LogP contribution < -0.4 is 0 Å². The Balaban J connectivity index is 0. The molecule has 0 aromatic carbocycles. The van der Waals surface area contributed by atoms with E-state index in [-0.39, 0.29) is 5.04 Å². The van der Waals surface area contributed by atoms with Gasteiger partial charge < -0.3 is 0 Å². The molecule has 0 N–H and O–H groups in total. The molecule has 11 heavy (non-hydrogen) atoms. The van der Waals surface area contributed by atoms with Gasteiger partial charge in [0.15, 0.2) is 0 Å². The Morgan fingerprint density at radius 3 is 1.18 bits per heavy atom. The molecule has 0 fully saturated rings. The Bertz CT molecular complexity index is 74.7. The van der Waals surface area contributed by atoms with E-state index in [1.54, 1.807) is 0 Å². The average Bonchev–Trinajstić information content (AvgIpc) is 1.60. The van der Waals surface area contributed by atoms with Crippen LogP contribution in [0.25, 0.3) is 0 Å². The Kier molecular flexibility index (Phi) is 6.17. The third-order valence-electron chi connectivity index (χ3n) is 1.81. The zero-order chi connectivity index (χ0) is 9.71. The smallest absolute Gasteiger partial charge is 0.236 e. The summed E-state index contributed by atoms with van der Waals surface area (Å²) in [6.45, 7) is 14.0. The van der Waals surface area contributed by atoms with Gasteiger partial charge in [-0.1, -0.05) is 41.0 Å². The maximum Gasteiger partial charge on any atom is 0.236 e. The molecule has 0 atom stereocenters. The summed E-state index contributed by atoms with van der Waals surface area (Å²) in [4.78, 5) is 11.3. The lowest BCUT2D eigenvalue weighted by molar-refractivity contribution is 0.390. The summed E-state index contributed by atoms with van der Waals surface area (Å²) in [5, 5.41) is 0.0208. The quantitative estimate of drug-likeness (QED) is 0.499. The SMILES string of the molecule is CC(C)(C)[Si](C)(C)[O].CCC. The normalized spacial score (nSPS) is 12.0. The highest BCUT2D eigenvalue weighted by Gasteiger charge is 2.35. The standard InChI is InChI=1S/C6H15OSi.C3H8/c1-6(2,3)8(4,5)7;1-3-2/h1-5H3;3H2,1-2H3. The fourth-order valence-electron chi connectivity index (χ4n) is 0. The molecule has 0 rings (SSSR count). The van der Waals surface area contributed by atoms with Crippen molar-refractivity contribution >= 4 is 8.32 Å². The van der Waals surface area contributed by atoms with Crippen molar-refractivity contribution in [1.82, 2.24) is 0 Å². The lowest BCUT2D eigenvalue weighted by atomic mass is 10.2. The predicted molar refractivity (Wildman–Crippen MR) is 53.8 cm³/mol. The highest BCUT2D eigenvalue weighted by Crippen LogP contribution is 2.33. The molecule has 1 nitrogen and oxygen atoms in total. The first-order valence-corrected chi connectivity index (χ1v) is 7.28. The van der Waals surface area contributed by atoms with E-state index in [0.29, 0.717) is 0 Å². The van der Waals surface area contributed by atoms with Gasteiger partial charge in [0.05, 0.1) is 0 Å². The predicted octanol–water partition coefficient (Wildman–Crippen LogP) is 3.84. The molecule has 0 aromatic heterocycles. The molecule has 0 bridgehead atoms. The van der Waals surface area contributed by atoms with Crippen molar-refractivity contribution in [1.29, 1.82) is 0 Å². The lowest BCUT2D eigenvalue weighted by Gasteiger charge is -2.27. The van der Waals surface area contributed by atoms with Crippen LogP contribution in [0, 0.1) is 0 Å². The van der Waals surface area contributed by atoms with Crippen molar-refractivity contribution in [3.8, 4) is 0 Å². The first-order valence-electron chi connectivity index (χ1n) is 4.37. The van der Waals surface area contributed by atoms with E-state index in [2.05, 4.69) is 13.8 Å². The topological polar surface area (TPSA) is 19.9 Å². The van der Waals surface area contributed by atoms with Crippen LogP contribution in [0.5, 0.6) is 0 Å². The van der Waals surface area contributed by atoms with Gasteiger partial charge in [-0.3, -0.25) is 4.80 Å². The molecule has 0 saturated heterocycles. The molecule has 0 aliphatic rings. The van der Waals surface area contributed by atoms with Gasteiger partial charge in [0.1, 0.15) is 0 Å². The molecular formula is C9H23OSi. The summed E-state index contributed by atoms with van der Waals surface area (Å²) in [5.74, 6) is 0. The molecule has 0 aliphatic carbocycles. The summed E-state index contributed by atoms with van der Waals surface area (Å²) >= 11 is 0. The molecule has 0 aliphatic heterocycles. The van der Waals surface area contributed by atoms with Gasteiger partial charge in [-0.25, -0.2) is 0 Å². The minimum Gasteiger partial charge on any atom is -0.297 e. The highest BCUT2D eigenvalue weighted by molar-refractivity contribution is 6.72. The summed E-state index contributed by atoms with van der Waals surface area (Å²) in [6.07, 6.45) is 1.25. The van der Waals surface area contributed by atoms with E-state index in [9.17, 15) is 4.80 Å². The van der Waals surface area contributed by atoms with Gasteiger partial charge in [0.25, 0.3) is 0 Å². The van der Waals surface area contributed by atoms with Gasteiger partial charge in [0, 0.05) is 0 Å². The van der Waals surface area contributed by atoms with Crippen molar-refractivity contribution in [2.24, 2.45) is 0 Å². The molecule has 0 unspecified atom stereocenters. The Hall–Kier alpha value is 0.177. The summed E-state index contributed by atoms with van der Waals surface area (Å²) in [7, 11) is -2.11. The zero-order valence-corrected chi connectivity index (χ0v) is 10.1. The molecule has 0 spiro atoms. The second-order valence-corrected chi connectivity index (χ2v) is 8.99. The van der Waals surface area contributed by atoms with E-state index in [1.807, 2.05) is 33.9 Å². The van der Waals surface area contributed by atoms with Crippen molar-refractivity contribution in [3.05, 3.63) is 0 Å². The highest BCUT2D eigenvalue weighted by atomic mass is 28.4. The van der Waals surface area contributed by atoms with E-state index >= 15 is 0 Å². The van der Waals surface area contributed by atoms with Crippen LogP contribution in [0.1, 0.15) is 41.0 Å². The fourth-order valence-corrected chi connectivity index (χ4v) is 0. The van der Waals surface area contributed by atoms with E-state index in [4.69, 9.17) is 0 Å². The van der Waals surface area contributed by atoms with Gasteiger partial charge in [-0.2, -0.15) is 0 Å². The molecule has 0 saturated carbocycles. The van der Waals surface area contributed by atoms with Crippen LogP contribution in [0.4, 0.5) is 0 Å². The summed E-state index contributed by atoms with van der Waals surface area (Å²) in [5.41, 5.74) is 0. The Morgan fingerprint density at radius 2 is 1.18 bits per heavy atom. The fraction of sp³-hybridized carbons (Fsp3) is 1.00. The van der Waals surface area contributed by atoms with Crippen LogP contribution in [-0.2, 0) is 4.80 Å². The minimum absolute atomic E-state index is 0.0208. The van der Waals surface area contributed by atoms with Gasteiger partial charge in [-0.15, -0.1) is 0 Å². The zero-order valence-electron chi connectivity index (χ0n) is 9.12. The van der Waals surface area contributed by atoms with E-state index in [1.165, 1.54) is 6.42 Å². The number of hydrogen-bond donors (Lipinski definition) is 0. The molecule has 0 amide bonds. The van der Waals surface area contributed by atoms with E-state index < -0.39 is 8.32 Å². The van der Waals surface area contributed by atoms with Gasteiger partial charge >= 0.3 is 0 Å². The van der Waals surface area contributed by atoms with Crippen LogP contribution in [0.2, 0.25) is 18.1 Å². The van der Waals surface area contributed by atoms with Crippen molar-refractivity contribution in [2.45, 2.75) is 59.2 Å². The third-order valence-corrected chi connectivity index (χ3v) is 5.42.